The first kappa shape index (κ1) is 9.52. The number of rotatable bonds is 0. The molecule has 2 aromatic rings. The zero-order chi connectivity index (χ0) is 7.07. The summed E-state index contributed by atoms with van der Waals surface area (Å²) in [6.07, 6.45) is 7.00. The van der Waals surface area contributed by atoms with Gasteiger partial charge in [-0.1, -0.05) is 0 Å². The third-order valence-corrected chi connectivity index (χ3v) is 0.921. The van der Waals surface area contributed by atoms with Gasteiger partial charge in [0, 0.05) is 12.4 Å². The molecule has 0 spiro atoms. The van der Waals surface area contributed by atoms with Crippen LogP contribution in [0.15, 0.2) is 53.6 Å². The highest BCUT2D eigenvalue weighted by Crippen LogP contribution is 1.79. The summed E-state index contributed by atoms with van der Waals surface area (Å²) in [4.78, 5) is 2.86. The Morgan fingerprint density at radius 2 is 1.36 bits per heavy atom. The summed E-state index contributed by atoms with van der Waals surface area (Å²) < 4.78 is 4.58. The summed E-state index contributed by atoms with van der Waals surface area (Å²) >= 11 is 0. The van der Waals surface area contributed by atoms with Crippen LogP contribution in [-0.2, 0) is 0 Å². The normalized spacial score (nSPS) is 7.27. The number of hydrogen-bond donors (Lipinski definition) is 1. The van der Waals surface area contributed by atoms with E-state index < -0.39 is 0 Å². The molecule has 60 valence electrons. The number of H-pyrrole nitrogens is 1. The molecule has 3 N–H and O–H groups in total. The van der Waals surface area contributed by atoms with Crippen LogP contribution >= 0.6 is 0 Å². The van der Waals surface area contributed by atoms with E-state index in [0.717, 1.165) is 0 Å². The maximum absolute atomic E-state index is 4.58. The Morgan fingerprint density at radius 3 is 1.55 bits per heavy atom. The van der Waals surface area contributed by atoms with Gasteiger partial charge < -0.3 is 14.9 Å². The lowest BCUT2D eigenvalue weighted by Gasteiger charge is -1.50. The zero-order valence-electron chi connectivity index (χ0n) is 6.03. The van der Waals surface area contributed by atoms with Gasteiger partial charge in [0.1, 0.15) is 0 Å². The second-order valence-corrected chi connectivity index (χ2v) is 1.68. The van der Waals surface area contributed by atoms with Gasteiger partial charge in [0.25, 0.3) is 0 Å². The summed E-state index contributed by atoms with van der Waals surface area (Å²) in [5, 5.41) is 0. The molecule has 0 aliphatic heterocycles. The third-order valence-electron chi connectivity index (χ3n) is 0.921. The van der Waals surface area contributed by atoms with Gasteiger partial charge >= 0.3 is 0 Å². The Morgan fingerprint density at radius 1 is 0.818 bits per heavy atom. The first-order chi connectivity index (χ1) is 5.00. The highest BCUT2D eigenvalue weighted by Gasteiger charge is 1.59. The molecule has 2 aromatic heterocycles. The Hall–Kier alpha value is -1.48. The Kier molecular flexibility index (Phi) is 5.74. The van der Waals surface area contributed by atoms with E-state index in [4.69, 9.17) is 0 Å². The Labute approximate surface area is 65.0 Å². The topological polar surface area (TPSA) is 60.4 Å². The van der Waals surface area contributed by atoms with Gasteiger partial charge in [-0.05, 0) is 24.3 Å². The van der Waals surface area contributed by atoms with Crippen LogP contribution in [0, 0.1) is 0 Å². The third kappa shape index (κ3) is 4.99. The van der Waals surface area contributed by atoms with Crippen molar-refractivity contribution in [3.8, 4) is 0 Å². The highest BCUT2D eigenvalue weighted by atomic mass is 16.3. The monoisotopic (exact) mass is 153 g/mol. The second kappa shape index (κ2) is 6.64. The Balaban J connectivity index is 0.000000167. The molecule has 0 amide bonds. The molecule has 0 aliphatic carbocycles. The van der Waals surface area contributed by atoms with Gasteiger partial charge in [-0.25, -0.2) is 0 Å². The van der Waals surface area contributed by atoms with Crippen LogP contribution in [0.2, 0.25) is 0 Å². The SMILES string of the molecule is O.c1cc[nH]c1.c1ccoc1. The van der Waals surface area contributed by atoms with Crippen molar-refractivity contribution in [2.75, 3.05) is 0 Å². The molecule has 0 saturated carbocycles. The molecular formula is C8H11NO2. The molecule has 2 rings (SSSR count). The van der Waals surface area contributed by atoms with Crippen LogP contribution in [0.4, 0.5) is 0 Å². The van der Waals surface area contributed by atoms with E-state index in [1.165, 1.54) is 0 Å². The largest absolute Gasteiger partial charge is 0.473 e. The van der Waals surface area contributed by atoms with E-state index in [0.29, 0.717) is 0 Å². The standard InChI is InChI=1S/C4H5N.C4H4O.H2O/c2*1-2-4-5-3-1;/h1-5H;1-4H;1H2. The molecule has 0 atom stereocenters. The minimum absolute atomic E-state index is 0. The Bertz CT molecular complexity index is 151. The molecule has 2 heterocycles. The van der Waals surface area contributed by atoms with Crippen molar-refractivity contribution in [1.29, 1.82) is 0 Å². The maximum Gasteiger partial charge on any atom is 0.0902 e. The molecule has 0 saturated heterocycles. The molecule has 0 aromatic carbocycles. The van der Waals surface area contributed by atoms with Crippen LogP contribution in [0.25, 0.3) is 0 Å². The highest BCUT2D eigenvalue weighted by molar-refractivity contribution is 4.84. The lowest BCUT2D eigenvalue weighted by atomic mass is 10.7. The van der Waals surface area contributed by atoms with Gasteiger partial charge in [-0.3, -0.25) is 0 Å². The average Bonchev–Trinajstić information content (AvgIpc) is 2.67. The molecule has 0 aliphatic rings. The molecule has 0 fully saturated rings. The number of aromatic nitrogens is 1. The molecule has 3 nitrogen and oxygen atoms in total. The number of furan rings is 1. The van der Waals surface area contributed by atoms with Crippen molar-refractivity contribution < 1.29 is 9.89 Å². The van der Waals surface area contributed by atoms with Gasteiger partial charge in [-0.15, -0.1) is 0 Å². The summed E-state index contributed by atoms with van der Waals surface area (Å²) in [5.41, 5.74) is 0. The van der Waals surface area contributed by atoms with Crippen molar-refractivity contribution in [1.82, 2.24) is 4.98 Å². The van der Waals surface area contributed by atoms with Crippen LogP contribution < -0.4 is 0 Å². The van der Waals surface area contributed by atoms with Crippen molar-refractivity contribution in [2.24, 2.45) is 0 Å². The lowest BCUT2D eigenvalue weighted by molar-refractivity contribution is 0.567. The quantitative estimate of drug-likeness (QED) is 0.612. The molecule has 0 bridgehead atoms. The van der Waals surface area contributed by atoms with E-state index in [9.17, 15) is 0 Å². The van der Waals surface area contributed by atoms with Crippen molar-refractivity contribution in [2.45, 2.75) is 0 Å². The van der Waals surface area contributed by atoms with E-state index in [-0.39, 0.29) is 5.48 Å². The molecule has 11 heavy (non-hydrogen) atoms. The minimum Gasteiger partial charge on any atom is -0.473 e. The second-order valence-electron chi connectivity index (χ2n) is 1.68. The average molecular weight is 153 g/mol. The predicted octanol–water partition coefficient (Wildman–Crippen LogP) is 1.47. The number of nitrogens with one attached hydrogen (secondary N) is 1. The summed E-state index contributed by atoms with van der Waals surface area (Å²) in [7, 11) is 0. The first-order valence-corrected chi connectivity index (χ1v) is 3.05. The van der Waals surface area contributed by atoms with Gasteiger partial charge in [0.2, 0.25) is 0 Å². The van der Waals surface area contributed by atoms with E-state index in [1.807, 2.05) is 36.7 Å². The fourth-order valence-electron chi connectivity index (χ4n) is 0.505. The predicted molar refractivity (Wildman–Crippen MR) is 43.1 cm³/mol. The summed E-state index contributed by atoms with van der Waals surface area (Å²) in [5.74, 6) is 0. The molecular weight excluding hydrogens is 142 g/mol. The maximum atomic E-state index is 4.58. The molecule has 3 heteroatoms. The lowest BCUT2D eigenvalue weighted by Crippen LogP contribution is -1.38. The van der Waals surface area contributed by atoms with Crippen molar-refractivity contribution >= 4 is 0 Å². The van der Waals surface area contributed by atoms with E-state index in [1.54, 1.807) is 12.5 Å². The van der Waals surface area contributed by atoms with Crippen molar-refractivity contribution in [3.63, 3.8) is 0 Å². The van der Waals surface area contributed by atoms with Gasteiger partial charge in [0.15, 0.2) is 0 Å². The fourth-order valence-corrected chi connectivity index (χ4v) is 0.505. The smallest absolute Gasteiger partial charge is 0.0902 e. The van der Waals surface area contributed by atoms with Crippen LogP contribution in [0.5, 0.6) is 0 Å². The van der Waals surface area contributed by atoms with Crippen LogP contribution in [0.3, 0.4) is 0 Å². The van der Waals surface area contributed by atoms with E-state index in [2.05, 4.69) is 9.40 Å². The van der Waals surface area contributed by atoms with E-state index >= 15 is 0 Å². The minimum atomic E-state index is 0. The van der Waals surface area contributed by atoms with Gasteiger partial charge in [0.05, 0.1) is 12.5 Å². The van der Waals surface area contributed by atoms with Crippen molar-refractivity contribution in [3.05, 3.63) is 49.2 Å². The zero-order valence-corrected chi connectivity index (χ0v) is 6.03. The molecule has 0 unspecified atom stereocenters. The summed E-state index contributed by atoms with van der Waals surface area (Å²) in [6.45, 7) is 0. The first-order valence-electron chi connectivity index (χ1n) is 3.05. The fraction of sp³-hybridized carbons (Fsp3) is 0. The summed E-state index contributed by atoms with van der Waals surface area (Å²) in [6, 6.07) is 7.56. The number of aromatic amines is 1. The van der Waals surface area contributed by atoms with Gasteiger partial charge in [-0.2, -0.15) is 0 Å². The van der Waals surface area contributed by atoms with Crippen LogP contribution in [-0.4, -0.2) is 10.5 Å². The van der Waals surface area contributed by atoms with Crippen LogP contribution in [0.1, 0.15) is 0 Å². The number of hydrogen-bond acceptors (Lipinski definition) is 1. The molecule has 0 radical (unpaired) electrons.